The summed E-state index contributed by atoms with van der Waals surface area (Å²) in [5, 5.41) is 10.6. The Morgan fingerprint density at radius 2 is 0.543 bits per heavy atom. The second-order valence-electron chi connectivity index (χ2n) is 27.8. The molecule has 17 nitrogen and oxygen atoms in total. The Balaban J connectivity index is 5.27. The highest BCUT2D eigenvalue weighted by Gasteiger charge is 2.30. The molecule has 0 saturated heterocycles. The summed E-state index contributed by atoms with van der Waals surface area (Å²) in [5.41, 5.74) is 0. The highest BCUT2D eigenvalue weighted by molar-refractivity contribution is 7.47. The maximum absolute atomic E-state index is 13.1. The molecule has 0 aliphatic rings. The molecule has 3 N–H and O–H groups in total. The lowest BCUT2D eigenvalue weighted by molar-refractivity contribution is -0.161. The van der Waals surface area contributed by atoms with Crippen molar-refractivity contribution in [3.63, 3.8) is 0 Å². The number of unbranched alkanes of at least 4 members (excludes halogenated alkanes) is 43. The fourth-order valence-corrected chi connectivity index (χ4v) is 13.0. The van der Waals surface area contributed by atoms with Crippen LogP contribution in [-0.2, 0) is 65.4 Å². The van der Waals surface area contributed by atoms with Crippen LogP contribution in [0, 0.1) is 11.8 Å². The number of hydrogen-bond acceptors (Lipinski definition) is 15. The lowest BCUT2D eigenvalue weighted by Gasteiger charge is -2.21. The first-order chi connectivity index (χ1) is 45.4. The first-order valence-corrected chi connectivity index (χ1v) is 42.0. The minimum absolute atomic E-state index is 0.107. The SMILES string of the molecule is CCCCCCCCCCCCCCCC(=O)O[C@H](COC(=O)CCCCCCCCCCCCCC)COP(=O)(O)OC[C@H](O)COP(=O)(O)OC[C@@H](COC(=O)CCCCCCCCCCCCC(C)CC)OC(=O)CCCCCCCCCCCCCCC(C)C. The third kappa shape index (κ3) is 67.3. The summed E-state index contributed by atoms with van der Waals surface area (Å²) in [6.45, 7) is 9.63. The van der Waals surface area contributed by atoms with Crippen molar-refractivity contribution in [2.45, 2.75) is 407 Å². The molecule has 19 heteroatoms. The van der Waals surface area contributed by atoms with Gasteiger partial charge in [-0.2, -0.15) is 0 Å². The molecule has 0 aromatic rings. The van der Waals surface area contributed by atoms with Crippen molar-refractivity contribution in [3.8, 4) is 0 Å². The number of aliphatic hydroxyl groups excluding tert-OH is 1. The summed E-state index contributed by atoms with van der Waals surface area (Å²) in [6, 6.07) is 0. The first-order valence-electron chi connectivity index (χ1n) is 39.0. The summed E-state index contributed by atoms with van der Waals surface area (Å²) < 4.78 is 68.5. The Morgan fingerprint density at radius 3 is 0.809 bits per heavy atom. The number of rotatable bonds is 74. The van der Waals surface area contributed by atoms with Gasteiger partial charge in [0.25, 0.3) is 0 Å². The van der Waals surface area contributed by atoms with Gasteiger partial charge in [-0.3, -0.25) is 37.3 Å². The molecule has 0 radical (unpaired) electrons. The second-order valence-corrected chi connectivity index (χ2v) is 30.7. The minimum atomic E-state index is -4.96. The van der Waals surface area contributed by atoms with E-state index in [0.717, 1.165) is 102 Å². The smallest absolute Gasteiger partial charge is 0.462 e. The maximum atomic E-state index is 13.1. The van der Waals surface area contributed by atoms with E-state index in [9.17, 15) is 43.2 Å². The number of esters is 4. The van der Waals surface area contributed by atoms with Gasteiger partial charge in [-0.15, -0.1) is 0 Å². The molecule has 0 spiro atoms. The van der Waals surface area contributed by atoms with Gasteiger partial charge in [0, 0.05) is 25.7 Å². The van der Waals surface area contributed by atoms with Crippen LogP contribution in [0.4, 0.5) is 0 Å². The van der Waals surface area contributed by atoms with Crippen LogP contribution in [0.1, 0.15) is 388 Å². The summed E-state index contributed by atoms with van der Waals surface area (Å²) in [5.74, 6) is -0.528. The molecule has 0 aliphatic heterocycles. The largest absolute Gasteiger partial charge is 0.472 e. The number of phosphoric acid groups is 2. The van der Waals surface area contributed by atoms with Crippen LogP contribution in [-0.4, -0.2) is 96.7 Å². The standard InChI is InChI=1S/C75H146O17P2/c1-7-10-12-14-16-18-20-22-27-35-41-47-53-59-74(79)91-70(63-85-72(77)57-51-45-39-33-26-21-19-17-15-13-11-8-2)65-89-93(81,82)87-61-69(76)62-88-94(83,84)90-66-71(64-86-73(78)58-52-46-40-34-30-29-32-38-44-50-56-68(6)9-3)92-75(80)60-54-48-42-36-28-24-23-25-31-37-43-49-55-67(4)5/h67-71,76H,7-66H2,1-6H3,(H,81,82)(H,83,84)/t68?,69-,70+,71+/m0/s1. The Bertz CT molecular complexity index is 1820. The van der Waals surface area contributed by atoms with Crippen LogP contribution in [0.15, 0.2) is 0 Å². The van der Waals surface area contributed by atoms with Crippen LogP contribution in [0.3, 0.4) is 0 Å². The third-order valence-electron chi connectivity index (χ3n) is 17.8. The van der Waals surface area contributed by atoms with Gasteiger partial charge in [-0.05, 0) is 37.5 Å². The van der Waals surface area contributed by atoms with E-state index in [1.165, 1.54) is 205 Å². The molecule has 3 unspecified atom stereocenters. The molecule has 0 bridgehead atoms. The van der Waals surface area contributed by atoms with Crippen molar-refractivity contribution < 1.29 is 80.2 Å². The van der Waals surface area contributed by atoms with E-state index in [-0.39, 0.29) is 25.7 Å². The summed E-state index contributed by atoms with van der Waals surface area (Å²) in [7, 11) is -9.91. The Labute approximate surface area is 575 Å². The molecule has 0 aromatic heterocycles. The van der Waals surface area contributed by atoms with E-state index in [1.807, 2.05) is 0 Å². The molecular weight excluding hydrogens is 1230 g/mol. The number of hydrogen-bond donors (Lipinski definition) is 3. The summed E-state index contributed by atoms with van der Waals surface area (Å²) in [4.78, 5) is 72.8. The zero-order valence-corrected chi connectivity index (χ0v) is 63.1. The molecular formula is C75H146O17P2. The van der Waals surface area contributed by atoms with E-state index in [0.29, 0.717) is 25.7 Å². The van der Waals surface area contributed by atoms with Crippen molar-refractivity contribution in [2.75, 3.05) is 39.6 Å². The normalized spacial score (nSPS) is 14.3. The van der Waals surface area contributed by atoms with Crippen molar-refractivity contribution in [1.29, 1.82) is 0 Å². The van der Waals surface area contributed by atoms with Gasteiger partial charge >= 0.3 is 39.5 Å². The van der Waals surface area contributed by atoms with E-state index in [2.05, 4.69) is 41.5 Å². The first kappa shape index (κ1) is 92.1. The van der Waals surface area contributed by atoms with Gasteiger partial charge in [-0.1, -0.05) is 337 Å². The zero-order valence-electron chi connectivity index (χ0n) is 61.3. The van der Waals surface area contributed by atoms with E-state index < -0.39 is 97.5 Å². The number of carbonyl (C=O) groups is 4. The van der Waals surface area contributed by atoms with Gasteiger partial charge in [0.05, 0.1) is 26.4 Å². The molecule has 0 rings (SSSR count). The van der Waals surface area contributed by atoms with E-state index >= 15 is 0 Å². The minimum Gasteiger partial charge on any atom is -0.462 e. The zero-order chi connectivity index (χ0) is 69.3. The predicted octanol–water partition coefficient (Wildman–Crippen LogP) is 21.9. The van der Waals surface area contributed by atoms with Crippen molar-refractivity contribution in [3.05, 3.63) is 0 Å². The summed E-state index contributed by atoms with van der Waals surface area (Å²) >= 11 is 0. The Morgan fingerprint density at radius 1 is 0.309 bits per heavy atom. The van der Waals surface area contributed by atoms with Gasteiger partial charge in [0.2, 0.25) is 0 Å². The molecule has 0 aromatic carbocycles. The molecule has 558 valence electrons. The average molecular weight is 1380 g/mol. The maximum Gasteiger partial charge on any atom is 0.472 e. The summed E-state index contributed by atoms with van der Waals surface area (Å²) in [6.07, 6.45) is 53.8. The van der Waals surface area contributed by atoms with Gasteiger partial charge < -0.3 is 33.8 Å². The quantitative estimate of drug-likeness (QED) is 0.0222. The highest BCUT2D eigenvalue weighted by Crippen LogP contribution is 2.45. The molecule has 0 saturated carbocycles. The second kappa shape index (κ2) is 66.9. The molecule has 0 heterocycles. The fourth-order valence-electron chi connectivity index (χ4n) is 11.4. The van der Waals surface area contributed by atoms with Gasteiger partial charge in [0.1, 0.15) is 19.3 Å². The van der Waals surface area contributed by atoms with Crippen LogP contribution >= 0.6 is 15.6 Å². The van der Waals surface area contributed by atoms with Crippen molar-refractivity contribution in [2.24, 2.45) is 11.8 Å². The predicted molar refractivity (Wildman–Crippen MR) is 381 cm³/mol. The average Bonchev–Trinajstić information content (AvgIpc) is 1.77. The van der Waals surface area contributed by atoms with Crippen molar-refractivity contribution in [1.82, 2.24) is 0 Å². The van der Waals surface area contributed by atoms with E-state index in [1.54, 1.807) is 0 Å². The third-order valence-corrected chi connectivity index (χ3v) is 19.7. The molecule has 6 atom stereocenters. The molecule has 0 aliphatic carbocycles. The lowest BCUT2D eigenvalue weighted by atomic mass is 9.99. The van der Waals surface area contributed by atoms with Crippen molar-refractivity contribution >= 4 is 39.5 Å². The fraction of sp³-hybridized carbons (Fsp3) is 0.947. The van der Waals surface area contributed by atoms with Crippen LogP contribution in [0.5, 0.6) is 0 Å². The molecule has 0 amide bonds. The van der Waals surface area contributed by atoms with Crippen LogP contribution < -0.4 is 0 Å². The molecule has 94 heavy (non-hydrogen) atoms. The Kier molecular flexibility index (Phi) is 65.5. The Hall–Kier alpha value is -1.94. The topological polar surface area (TPSA) is 237 Å². The highest BCUT2D eigenvalue weighted by atomic mass is 31.2. The number of carbonyl (C=O) groups excluding carboxylic acids is 4. The lowest BCUT2D eigenvalue weighted by Crippen LogP contribution is -2.30. The number of phosphoric ester groups is 2. The van der Waals surface area contributed by atoms with E-state index in [4.69, 9.17) is 37.0 Å². The molecule has 0 fully saturated rings. The number of aliphatic hydroxyl groups is 1. The van der Waals surface area contributed by atoms with Gasteiger partial charge in [-0.25, -0.2) is 9.13 Å². The monoisotopic (exact) mass is 1380 g/mol. The number of ether oxygens (including phenoxy) is 4. The van der Waals surface area contributed by atoms with Gasteiger partial charge in [0.15, 0.2) is 12.2 Å². The van der Waals surface area contributed by atoms with Crippen LogP contribution in [0.25, 0.3) is 0 Å². The van der Waals surface area contributed by atoms with Crippen LogP contribution in [0.2, 0.25) is 0 Å².